The van der Waals surface area contributed by atoms with Gasteiger partial charge in [-0.15, -0.1) is 12.4 Å². The van der Waals surface area contributed by atoms with Crippen molar-refractivity contribution in [3.63, 3.8) is 0 Å². The minimum absolute atomic E-state index is 0. The fourth-order valence-corrected chi connectivity index (χ4v) is 3.30. The van der Waals surface area contributed by atoms with Crippen molar-refractivity contribution >= 4 is 30.0 Å². The summed E-state index contributed by atoms with van der Waals surface area (Å²) in [7, 11) is 1.35. The first-order valence-electron chi connectivity index (χ1n) is 8.64. The second kappa shape index (κ2) is 10.5. The van der Waals surface area contributed by atoms with Gasteiger partial charge in [0.15, 0.2) is 6.61 Å². The van der Waals surface area contributed by atoms with E-state index in [9.17, 15) is 4.79 Å². The van der Waals surface area contributed by atoms with Crippen LogP contribution in [0, 0.1) is 0 Å². The van der Waals surface area contributed by atoms with Crippen molar-refractivity contribution in [2.24, 2.45) is 0 Å². The lowest BCUT2D eigenvalue weighted by atomic mass is 10.0. The van der Waals surface area contributed by atoms with Gasteiger partial charge in [0, 0.05) is 37.2 Å². The molecule has 1 aliphatic rings. The van der Waals surface area contributed by atoms with Gasteiger partial charge in [-0.1, -0.05) is 35.9 Å². The highest BCUT2D eigenvalue weighted by Crippen LogP contribution is 2.26. The third-order valence-corrected chi connectivity index (χ3v) is 4.72. The number of hydrogen-bond donors (Lipinski definition) is 1. The Morgan fingerprint density at radius 3 is 2.74 bits per heavy atom. The number of nitrogens with zero attached hydrogens (tertiary/aromatic N) is 1. The second-order valence-corrected chi connectivity index (χ2v) is 6.69. The molecule has 0 radical (unpaired) electrons. The largest absolute Gasteiger partial charge is 0.482 e. The lowest BCUT2D eigenvalue weighted by Crippen LogP contribution is -2.45. The number of piperazine rings is 1. The van der Waals surface area contributed by atoms with Crippen molar-refractivity contribution in [1.29, 1.82) is 0 Å². The van der Waals surface area contributed by atoms with Crippen LogP contribution in [0.4, 0.5) is 0 Å². The zero-order chi connectivity index (χ0) is 18.4. The van der Waals surface area contributed by atoms with E-state index in [-0.39, 0.29) is 31.0 Å². The quantitative estimate of drug-likeness (QED) is 0.738. The Labute approximate surface area is 171 Å². The molecule has 3 rings (SSSR count). The molecule has 146 valence electrons. The van der Waals surface area contributed by atoms with E-state index in [1.165, 1.54) is 18.2 Å². The summed E-state index contributed by atoms with van der Waals surface area (Å²) in [6.45, 7) is 3.61. The Kier molecular flexibility index (Phi) is 8.38. The minimum Gasteiger partial charge on any atom is -0.482 e. The number of hydrogen-bond acceptors (Lipinski definition) is 5. The Hall–Kier alpha value is -1.79. The van der Waals surface area contributed by atoms with Crippen LogP contribution >= 0.6 is 24.0 Å². The van der Waals surface area contributed by atoms with Crippen LogP contribution in [-0.4, -0.2) is 44.2 Å². The molecule has 2 aromatic rings. The van der Waals surface area contributed by atoms with Crippen molar-refractivity contribution in [3.8, 4) is 5.75 Å². The molecular weight excluding hydrogens is 387 g/mol. The molecule has 0 aliphatic carbocycles. The summed E-state index contributed by atoms with van der Waals surface area (Å²) in [5, 5.41) is 4.23. The van der Waals surface area contributed by atoms with Gasteiger partial charge in [-0.25, -0.2) is 4.79 Å². The van der Waals surface area contributed by atoms with E-state index in [2.05, 4.69) is 21.0 Å². The van der Waals surface area contributed by atoms with Crippen LogP contribution in [-0.2, 0) is 16.1 Å². The van der Waals surface area contributed by atoms with Crippen LogP contribution in [0.3, 0.4) is 0 Å². The SMILES string of the molecule is COC(=O)COc1ccc(CN2CCNCC2c2cccc(Cl)c2)cc1.Cl. The Morgan fingerprint density at radius 1 is 1.26 bits per heavy atom. The smallest absolute Gasteiger partial charge is 0.343 e. The van der Waals surface area contributed by atoms with E-state index in [1.54, 1.807) is 0 Å². The first-order chi connectivity index (χ1) is 12.7. The minimum atomic E-state index is -0.390. The number of rotatable bonds is 6. The maximum absolute atomic E-state index is 11.1. The van der Waals surface area contributed by atoms with Gasteiger partial charge in [0.05, 0.1) is 7.11 Å². The van der Waals surface area contributed by atoms with E-state index < -0.39 is 0 Å². The molecule has 1 heterocycles. The Bertz CT molecular complexity index is 740. The molecule has 5 nitrogen and oxygen atoms in total. The third kappa shape index (κ3) is 6.11. The van der Waals surface area contributed by atoms with Gasteiger partial charge in [-0.3, -0.25) is 4.90 Å². The summed E-state index contributed by atoms with van der Waals surface area (Å²) in [6.07, 6.45) is 0. The summed E-state index contributed by atoms with van der Waals surface area (Å²) < 4.78 is 9.97. The van der Waals surface area contributed by atoms with Gasteiger partial charge < -0.3 is 14.8 Å². The van der Waals surface area contributed by atoms with Crippen molar-refractivity contribution in [1.82, 2.24) is 10.2 Å². The number of ether oxygens (including phenoxy) is 2. The molecule has 0 amide bonds. The Balaban J connectivity index is 0.00000261. The van der Waals surface area contributed by atoms with E-state index in [1.807, 2.05) is 42.5 Å². The van der Waals surface area contributed by atoms with Crippen LogP contribution in [0.15, 0.2) is 48.5 Å². The molecule has 1 aliphatic heterocycles. The molecule has 0 bridgehead atoms. The summed E-state index contributed by atoms with van der Waals surface area (Å²) in [6, 6.07) is 16.2. The summed E-state index contributed by atoms with van der Waals surface area (Å²) in [5.41, 5.74) is 2.42. The number of methoxy groups -OCH3 is 1. The molecule has 7 heteroatoms. The molecule has 0 saturated carbocycles. The topological polar surface area (TPSA) is 50.8 Å². The van der Waals surface area contributed by atoms with Crippen LogP contribution < -0.4 is 10.1 Å². The molecule has 27 heavy (non-hydrogen) atoms. The average molecular weight is 411 g/mol. The van der Waals surface area contributed by atoms with Gasteiger partial charge in [0.1, 0.15) is 5.75 Å². The molecule has 1 unspecified atom stereocenters. The first kappa shape index (κ1) is 21.5. The molecule has 2 aromatic carbocycles. The van der Waals surface area contributed by atoms with E-state index in [0.29, 0.717) is 5.75 Å². The number of carbonyl (C=O) groups excluding carboxylic acids is 1. The molecule has 1 fully saturated rings. The molecule has 1 N–H and O–H groups in total. The summed E-state index contributed by atoms with van der Waals surface area (Å²) in [5.74, 6) is 0.269. The molecular formula is C20H24Cl2N2O3. The lowest BCUT2D eigenvalue weighted by molar-refractivity contribution is -0.142. The van der Waals surface area contributed by atoms with Gasteiger partial charge in [-0.2, -0.15) is 0 Å². The van der Waals surface area contributed by atoms with Gasteiger partial charge >= 0.3 is 5.97 Å². The lowest BCUT2D eigenvalue weighted by Gasteiger charge is -2.36. The fourth-order valence-electron chi connectivity index (χ4n) is 3.10. The Morgan fingerprint density at radius 2 is 2.04 bits per heavy atom. The standard InChI is InChI=1S/C20H23ClN2O3.ClH/c1-25-20(24)14-26-18-7-5-15(6-8-18)13-23-10-9-22-12-19(23)16-3-2-4-17(21)11-16;/h2-8,11,19,22H,9-10,12-14H2,1H3;1H. The van der Waals surface area contributed by atoms with E-state index in [0.717, 1.165) is 31.2 Å². The molecule has 1 saturated heterocycles. The van der Waals surface area contributed by atoms with E-state index >= 15 is 0 Å². The monoisotopic (exact) mass is 410 g/mol. The van der Waals surface area contributed by atoms with Crippen LogP contribution in [0.1, 0.15) is 17.2 Å². The molecule has 0 spiro atoms. The molecule has 1 atom stereocenters. The van der Waals surface area contributed by atoms with Crippen LogP contribution in [0.5, 0.6) is 5.75 Å². The number of benzene rings is 2. The average Bonchev–Trinajstić information content (AvgIpc) is 2.67. The van der Waals surface area contributed by atoms with Gasteiger partial charge in [0.25, 0.3) is 0 Å². The predicted molar refractivity (Wildman–Crippen MR) is 109 cm³/mol. The second-order valence-electron chi connectivity index (χ2n) is 6.25. The summed E-state index contributed by atoms with van der Waals surface area (Å²) in [4.78, 5) is 13.6. The third-order valence-electron chi connectivity index (χ3n) is 4.48. The van der Waals surface area contributed by atoms with E-state index in [4.69, 9.17) is 16.3 Å². The molecule has 0 aromatic heterocycles. The fraction of sp³-hybridized carbons (Fsp3) is 0.350. The highest BCUT2D eigenvalue weighted by atomic mass is 35.5. The normalized spacial score (nSPS) is 17.0. The van der Waals surface area contributed by atoms with Gasteiger partial charge in [0.2, 0.25) is 0 Å². The summed E-state index contributed by atoms with van der Waals surface area (Å²) >= 11 is 6.17. The number of esters is 1. The van der Waals surface area contributed by atoms with Crippen LogP contribution in [0.25, 0.3) is 0 Å². The van der Waals surface area contributed by atoms with Crippen molar-refractivity contribution < 1.29 is 14.3 Å². The maximum Gasteiger partial charge on any atom is 0.343 e. The highest BCUT2D eigenvalue weighted by Gasteiger charge is 2.23. The van der Waals surface area contributed by atoms with Crippen LogP contribution in [0.2, 0.25) is 5.02 Å². The van der Waals surface area contributed by atoms with Crippen molar-refractivity contribution in [3.05, 3.63) is 64.7 Å². The predicted octanol–water partition coefficient (Wildman–Crippen LogP) is 3.46. The zero-order valence-electron chi connectivity index (χ0n) is 15.2. The zero-order valence-corrected chi connectivity index (χ0v) is 16.8. The maximum atomic E-state index is 11.1. The highest BCUT2D eigenvalue weighted by molar-refractivity contribution is 6.30. The van der Waals surface area contributed by atoms with Crippen molar-refractivity contribution in [2.45, 2.75) is 12.6 Å². The number of carbonyl (C=O) groups is 1. The van der Waals surface area contributed by atoms with Gasteiger partial charge in [-0.05, 0) is 35.4 Å². The number of nitrogens with one attached hydrogen (secondary N) is 1. The van der Waals surface area contributed by atoms with Crippen molar-refractivity contribution in [2.75, 3.05) is 33.4 Å². The first-order valence-corrected chi connectivity index (χ1v) is 9.02. The number of halogens is 2.